The van der Waals surface area contributed by atoms with Gasteiger partial charge in [-0.15, -0.1) is 10.6 Å². The lowest BCUT2D eigenvalue weighted by molar-refractivity contribution is -0.133. The Kier molecular flexibility index (Phi) is 8.60. The molecule has 1 aliphatic carbocycles. The monoisotopic (exact) mass is 581 g/mol. The zero-order valence-electron chi connectivity index (χ0n) is 23.6. The van der Waals surface area contributed by atoms with Crippen molar-refractivity contribution in [3.63, 3.8) is 0 Å². The standard InChI is InChI=1S/C30H37ClFN7O2/c1-4-5-25(20-6-8-21(9-7-20)28(40)33-17-26-35-37-38-36-26)39-29(41)27(22-10-11-24(32)23(31)16-22)34-30(39)14-12-19(13-15-30)18(2)3/h6-11,16,18-19,25,37-38H,4-5,12-15,17H2,1-3H3,(H,33,40)(H,35,36). The molecule has 3 aliphatic rings. The molecule has 2 aliphatic heterocycles. The number of carbonyl (C=O) groups excluding carboxylic acids is 2. The zero-order chi connectivity index (χ0) is 29.1. The highest BCUT2D eigenvalue weighted by Crippen LogP contribution is 2.48. The third kappa shape index (κ3) is 5.94. The van der Waals surface area contributed by atoms with Gasteiger partial charge in [-0.2, -0.15) is 0 Å². The van der Waals surface area contributed by atoms with Crippen molar-refractivity contribution in [1.82, 2.24) is 26.7 Å². The van der Waals surface area contributed by atoms with Gasteiger partial charge in [-0.1, -0.05) is 50.9 Å². The highest BCUT2D eigenvalue weighted by Gasteiger charge is 2.52. The number of rotatable bonds is 9. The predicted octanol–water partition coefficient (Wildman–Crippen LogP) is 4.85. The van der Waals surface area contributed by atoms with Gasteiger partial charge in [0, 0.05) is 11.1 Å². The van der Waals surface area contributed by atoms with Crippen molar-refractivity contribution in [2.75, 3.05) is 6.54 Å². The molecular weight excluding hydrogens is 545 g/mol. The summed E-state index contributed by atoms with van der Waals surface area (Å²) in [5.41, 5.74) is 9.64. The number of hydrazone groups is 1. The van der Waals surface area contributed by atoms with E-state index in [0.717, 1.165) is 44.1 Å². The second kappa shape index (κ2) is 12.2. The number of nitrogens with zero attached hydrogens (tertiary/aromatic N) is 3. The topological polar surface area (TPSA) is 110 Å². The fourth-order valence-corrected chi connectivity index (χ4v) is 6.33. The Balaban J connectivity index is 1.44. The van der Waals surface area contributed by atoms with Gasteiger partial charge in [0.1, 0.15) is 17.2 Å². The minimum Gasteiger partial charge on any atom is -0.345 e. The Morgan fingerprint density at radius 3 is 2.54 bits per heavy atom. The molecule has 0 radical (unpaired) electrons. The highest BCUT2D eigenvalue weighted by molar-refractivity contribution is 6.47. The molecule has 11 heteroatoms. The van der Waals surface area contributed by atoms with E-state index in [1.54, 1.807) is 18.2 Å². The first-order valence-corrected chi connectivity index (χ1v) is 14.7. The van der Waals surface area contributed by atoms with Gasteiger partial charge in [0.2, 0.25) is 0 Å². The molecule has 0 aromatic heterocycles. The van der Waals surface area contributed by atoms with Crippen LogP contribution in [0.4, 0.5) is 4.39 Å². The normalized spacial score (nSPS) is 22.8. The molecule has 218 valence electrons. The molecule has 2 aromatic rings. The van der Waals surface area contributed by atoms with Crippen LogP contribution in [-0.4, -0.2) is 40.5 Å². The maximum Gasteiger partial charge on any atom is 0.275 e. The average molecular weight is 582 g/mol. The Labute approximate surface area is 244 Å². The van der Waals surface area contributed by atoms with Gasteiger partial charge in [0.05, 0.1) is 17.6 Å². The first-order chi connectivity index (χ1) is 19.7. The van der Waals surface area contributed by atoms with Gasteiger partial charge >= 0.3 is 0 Å². The van der Waals surface area contributed by atoms with Gasteiger partial charge in [-0.05, 0) is 79.8 Å². The second-order valence-electron chi connectivity index (χ2n) is 11.4. The number of hydrogen-bond acceptors (Lipinski definition) is 7. The third-order valence-electron chi connectivity index (χ3n) is 8.46. The van der Waals surface area contributed by atoms with Crippen molar-refractivity contribution < 1.29 is 14.0 Å². The lowest BCUT2D eigenvalue weighted by Crippen LogP contribution is -2.51. The molecule has 1 saturated carbocycles. The summed E-state index contributed by atoms with van der Waals surface area (Å²) in [7, 11) is 0. The van der Waals surface area contributed by atoms with E-state index in [1.165, 1.54) is 12.1 Å². The summed E-state index contributed by atoms with van der Waals surface area (Å²) in [6.45, 7) is 6.84. The number of hydrogen-bond donors (Lipinski definition) is 4. The molecule has 1 unspecified atom stereocenters. The molecule has 4 N–H and O–H groups in total. The molecular formula is C30H37ClFN7O2. The van der Waals surface area contributed by atoms with Crippen LogP contribution in [0.5, 0.6) is 0 Å². The lowest BCUT2D eigenvalue weighted by Gasteiger charge is -2.46. The first-order valence-electron chi connectivity index (χ1n) is 14.3. The molecule has 2 amide bonds. The number of carbonyl (C=O) groups is 2. The molecule has 5 rings (SSSR count). The Hall–Kier alpha value is -3.50. The van der Waals surface area contributed by atoms with Crippen LogP contribution in [0.25, 0.3) is 0 Å². The zero-order valence-corrected chi connectivity index (χ0v) is 24.4. The third-order valence-corrected chi connectivity index (χ3v) is 8.75. The number of nitrogens with one attached hydrogen (secondary N) is 4. The molecule has 9 nitrogen and oxygen atoms in total. The molecule has 0 saturated heterocycles. The predicted molar refractivity (Wildman–Crippen MR) is 158 cm³/mol. The summed E-state index contributed by atoms with van der Waals surface area (Å²) in [6.07, 6.45) is 5.09. The highest BCUT2D eigenvalue weighted by atomic mass is 35.5. The molecule has 1 fully saturated rings. The fraction of sp³-hybridized carbons (Fsp3) is 0.467. The van der Waals surface area contributed by atoms with E-state index in [4.69, 9.17) is 16.6 Å². The van der Waals surface area contributed by atoms with Crippen LogP contribution in [0, 0.1) is 17.7 Å². The summed E-state index contributed by atoms with van der Waals surface area (Å²) >= 11 is 6.11. The molecule has 2 aromatic carbocycles. The van der Waals surface area contributed by atoms with Crippen molar-refractivity contribution in [3.05, 3.63) is 70.0 Å². The quantitative estimate of drug-likeness (QED) is 0.338. The summed E-state index contributed by atoms with van der Waals surface area (Å²) in [4.78, 5) is 34.1. The maximum atomic E-state index is 14.2. The molecule has 1 atom stereocenters. The maximum absolute atomic E-state index is 14.2. The van der Waals surface area contributed by atoms with Crippen molar-refractivity contribution >= 4 is 35.0 Å². The lowest BCUT2D eigenvalue weighted by atomic mass is 9.76. The van der Waals surface area contributed by atoms with Gasteiger partial charge < -0.3 is 10.2 Å². The number of amides is 2. The second-order valence-corrected chi connectivity index (χ2v) is 11.8. The number of hydrazine groups is 2. The van der Waals surface area contributed by atoms with Crippen LogP contribution in [0.2, 0.25) is 5.02 Å². The summed E-state index contributed by atoms with van der Waals surface area (Å²) < 4.78 is 14.0. The van der Waals surface area contributed by atoms with E-state index in [1.807, 2.05) is 17.0 Å². The van der Waals surface area contributed by atoms with Crippen molar-refractivity contribution in [3.8, 4) is 0 Å². The van der Waals surface area contributed by atoms with E-state index in [9.17, 15) is 14.0 Å². The van der Waals surface area contributed by atoms with Crippen LogP contribution in [-0.2, 0) is 4.79 Å². The van der Waals surface area contributed by atoms with Crippen LogP contribution in [0.1, 0.15) is 86.8 Å². The van der Waals surface area contributed by atoms with E-state index >= 15 is 0 Å². The molecule has 2 heterocycles. The number of aliphatic imine (C=N–C) groups is 1. The molecule has 41 heavy (non-hydrogen) atoms. The largest absolute Gasteiger partial charge is 0.345 e. The Morgan fingerprint density at radius 1 is 1.20 bits per heavy atom. The summed E-state index contributed by atoms with van der Waals surface area (Å²) in [5, 5.41) is 6.76. The van der Waals surface area contributed by atoms with E-state index in [-0.39, 0.29) is 29.4 Å². The van der Waals surface area contributed by atoms with Gasteiger partial charge in [-0.3, -0.25) is 20.0 Å². The van der Waals surface area contributed by atoms with Crippen molar-refractivity contribution in [1.29, 1.82) is 0 Å². The van der Waals surface area contributed by atoms with Crippen LogP contribution in [0.15, 0.2) is 52.6 Å². The molecule has 1 spiro atoms. The van der Waals surface area contributed by atoms with Crippen LogP contribution >= 0.6 is 11.6 Å². The van der Waals surface area contributed by atoms with Crippen LogP contribution < -0.4 is 21.8 Å². The number of benzene rings is 2. The summed E-state index contributed by atoms with van der Waals surface area (Å²) in [6, 6.07) is 11.6. The van der Waals surface area contributed by atoms with E-state index < -0.39 is 11.5 Å². The molecule has 0 bridgehead atoms. The van der Waals surface area contributed by atoms with Gasteiger partial charge in [0.25, 0.3) is 11.8 Å². The Morgan fingerprint density at radius 2 is 1.93 bits per heavy atom. The summed E-state index contributed by atoms with van der Waals surface area (Å²) in [5.74, 6) is 0.797. The Bertz CT molecular complexity index is 1350. The minimum atomic E-state index is -0.675. The van der Waals surface area contributed by atoms with Crippen molar-refractivity contribution in [2.24, 2.45) is 21.9 Å². The SMILES string of the molecule is CCCC(c1ccc(C(=O)NCC2=NNNN2)cc1)N1C(=O)C(c2ccc(F)c(Cl)c2)=NC12CCC(C(C)C)CC2. The fourth-order valence-electron chi connectivity index (χ4n) is 6.15. The van der Waals surface area contributed by atoms with Crippen molar-refractivity contribution in [2.45, 2.75) is 71.0 Å². The number of amidine groups is 1. The minimum absolute atomic E-state index is 0.0312. The number of halogens is 2. The first kappa shape index (κ1) is 29.0. The van der Waals surface area contributed by atoms with Gasteiger partial charge in [-0.25, -0.2) is 9.93 Å². The van der Waals surface area contributed by atoms with E-state index in [2.05, 4.69) is 47.7 Å². The van der Waals surface area contributed by atoms with E-state index in [0.29, 0.717) is 34.5 Å². The smallest absolute Gasteiger partial charge is 0.275 e. The van der Waals surface area contributed by atoms with Crippen LogP contribution in [0.3, 0.4) is 0 Å². The van der Waals surface area contributed by atoms with Gasteiger partial charge in [0.15, 0.2) is 5.84 Å². The average Bonchev–Trinajstić information content (AvgIpc) is 3.59.